The van der Waals surface area contributed by atoms with Gasteiger partial charge < -0.3 is 19.9 Å². The van der Waals surface area contributed by atoms with Gasteiger partial charge in [-0.1, -0.05) is 30.3 Å². The van der Waals surface area contributed by atoms with Gasteiger partial charge in [-0.25, -0.2) is 0 Å². The van der Waals surface area contributed by atoms with Crippen molar-refractivity contribution in [3.8, 4) is 11.5 Å². The fourth-order valence-corrected chi connectivity index (χ4v) is 3.64. The second kappa shape index (κ2) is 8.42. The Labute approximate surface area is 165 Å². The number of aliphatic hydroxyl groups is 1. The number of hydrogen-bond donors (Lipinski definition) is 2. The summed E-state index contributed by atoms with van der Waals surface area (Å²) in [6, 6.07) is 19.6. The molecule has 1 aliphatic rings. The van der Waals surface area contributed by atoms with Crippen LogP contribution in [0.2, 0.25) is 0 Å². The van der Waals surface area contributed by atoms with Crippen molar-refractivity contribution in [3.63, 3.8) is 0 Å². The molecule has 1 aliphatic carbocycles. The number of rotatable bonds is 7. The highest BCUT2D eigenvalue weighted by molar-refractivity contribution is 5.41. The molecule has 0 aliphatic heterocycles. The van der Waals surface area contributed by atoms with Crippen LogP contribution in [0.3, 0.4) is 0 Å². The number of pyridine rings is 1. The van der Waals surface area contributed by atoms with E-state index in [2.05, 4.69) is 22.4 Å². The summed E-state index contributed by atoms with van der Waals surface area (Å²) in [7, 11) is 1.65. The lowest BCUT2D eigenvalue weighted by Crippen LogP contribution is -2.28. The summed E-state index contributed by atoms with van der Waals surface area (Å²) in [4.78, 5) is 4.30. The smallest absolute Gasteiger partial charge is 0.130 e. The molecule has 0 fully saturated rings. The molecule has 2 aromatic carbocycles. The van der Waals surface area contributed by atoms with Gasteiger partial charge in [0.2, 0.25) is 0 Å². The summed E-state index contributed by atoms with van der Waals surface area (Å²) < 4.78 is 11.4. The molecule has 0 saturated carbocycles. The lowest BCUT2D eigenvalue weighted by molar-refractivity contribution is 0.140. The second-order valence-electron chi connectivity index (χ2n) is 6.91. The van der Waals surface area contributed by atoms with Crippen LogP contribution in [0.15, 0.2) is 66.9 Å². The van der Waals surface area contributed by atoms with Gasteiger partial charge in [-0.05, 0) is 41.5 Å². The van der Waals surface area contributed by atoms with E-state index >= 15 is 0 Å². The van der Waals surface area contributed by atoms with Crippen molar-refractivity contribution in [1.29, 1.82) is 0 Å². The third-order valence-corrected chi connectivity index (χ3v) is 5.09. The highest BCUT2D eigenvalue weighted by Gasteiger charge is 2.30. The molecule has 2 atom stereocenters. The number of aliphatic hydroxyl groups excluding tert-OH is 1. The third-order valence-electron chi connectivity index (χ3n) is 5.09. The van der Waals surface area contributed by atoms with Crippen molar-refractivity contribution in [1.82, 2.24) is 10.3 Å². The van der Waals surface area contributed by atoms with Gasteiger partial charge in [-0.2, -0.15) is 0 Å². The number of benzene rings is 2. The average molecular weight is 376 g/mol. The molecule has 3 aromatic rings. The highest BCUT2D eigenvalue weighted by atomic mass is 16.5. The Balaban J connectivity index is 1.50. The molecule has 2 N–H and O–H groups in total. The number of hydrogen-bond acceptors (Lipinski definition) is 5. The maximum Gasteiger partial charge on any atom is 0.130 e. The molecule has 0 spiro atoms. The minimum atomic E-state index is -0.430. The molecule has 4 rings (SSSR count). The Hall–Kier alpha value is -2.89. The molecule has 0 saturated heterocycles. The maximum atomic E-state index is 10.5. The van der Waals surface area contributed by atoms with Crippen LogP contribution in [-0.4, -0.2) is 23.3 Å². The zero-order valence-corrected chi connectivity index (χ0v) is 15.8. The third kappa shape index (κ3) is 4.01. The van der Waals surface area contributed by atoms with Crippen LogP contribution in [0.4, 0.5) is 0 Å². The zero-order chi connectivity index (χ0) is 19.3. The number of nitrogens with zero attached hydrogens (tertiary/aromatic N) is 1. The number of ether oxygens (including phenoxy) is 2. The van der Waals surface area contributed by atoms with Crippen LogP contribution in [0, 0.1) is 0 Å². The van der Waals surface area contributed by atoms with Crippen LogP contribution in [0.25, 0.3) is 0 Å². The number of nitrogens with one attached hydrogen (secondary N) is 1. The molecule has 1 aromatic heterocycles. The van der Waals surface area contributed by atoms with Crippen molar-refractivity contribution in [2.45, 2.75) is 31.7 Å². The first kappa shape index (κ1) is 18.5. The molecule has 0 unspecified atom stereocenters. The molecule has 0 amide bonds. The average Bonchev–Trinajstić information content (AvgIpc) is 3.06. The quantitative estimate of drug-likeness (QED) is 0.662. The van der Waals surface area contributed by atoms with Crippen molar-refractivity contribution < 1.29 is 14.6 Å². The Morgan fingerprint density at radius 1 is 1.11 bits per heavy atom. The Kier molecular flexibility index (Phi) is 5.55. The van der Waals surface area contributed by atoms with Crippen molar-refractivity contribution in [2.75, 3.05) is 7.11 Å². The van der Waals surface area contributed by atoms with Gasteiger partial charge in [0, 0.05) is 24.7 Å². The maximum absolute atomic E-state index is 10.5. The first-order valence-electron chi connectivity index (χ1n) is 9.43. The molecule has 1 heterocycles. The van der Waals surface area contributed by atoms with E-state index in [1.165, 1.54) is 5.56 Å². The van der Waals surface area contributed by atoms with Crippen molar-refractivity contribution in [3.05, 3.63) is 89.2 Å². The summed E-state index contributed by atoms with van der Waals surface area (Å²) in [5.41, 5.74) is 4.21. The predicted molar refractivity (Wildman–Crippen MR) is 107 cm³/mol. The lowest BCUT2D eigenvalue weighted by Gasteiger charge is -2.20. The van der Waals surface area contributed by atoms with Crippen molar-refractivity contribution >= 4 is 0 Å². The van der Waals surface area contributed by atoms with Gasteiger partial charge in [0.15, 0.2) is 0 Å². The van der Waals surface area contributed by atoms with E-state index in [0.29, 0.717) is 19.6 Å². The van der Waals surface area contributed by atoms with Gasteiger partial charge in [0.25, 0.3) is 0 Å². The SMILES string of the molecule is COc1ccc(OCc2ccccn2)c(CN[C@@H]2c3ccccc3C[C@@H]2O)c1. The van der Waals surface area contributed by atoms with Crippen LogP contribution >= 0.6 is 0 Å². The topological polar surface area (TPSA) is 63.6 Å². The van der Waals surface area contributed by atoms with E-state index in [-0.39, 0.29) is 6.04 Å². The fraction of sp³-hybridized carbons (Fsp3) is 0.261. The summed E-state index contributed by atoms with van der Waals surface area (Å²) in [6.07, 6.45) is 2.00. The van der Waals surface area contributed by atoms with Crippen molar-refractivity contribution in [2.24, 2.45) is 0 Å². The number of fused-ring (bicyclic) bond motifs is 1. The molecule has 28 heavy (non-hydrogen) atoms. The van der Waals surface area contributed by atoms with Gasteiger partial charge in [0.05, 0.1) is 24.9 Å². The van der Waals surface area contributed by atoms with E-state index in [9.17, 15) is 5.11 Å². The first-order valence-corrected chi connectivity index (χ1v) is 9.43. The Morgan fingerprint density at radius 3 is 2.79 bits per heavy atom. The molecular formula is C23H24N2O3. The van der Waals surface area contributed by atoms with Crippen LogP contribution in [-0.2, 0) is 19.6 Å². The zero-order valence-electron chi connectivity index (χ0n) is 15.8. The molecule has 5 heteroatoms. The van der Waals surface area contributed by atoms with Crippen LogP contribution in [0.1, 0.15) is 28.4 Å². The van der Waals surface area contributed by atoms with E-state index in [4.69, 9.17) is 9.47 Å². The van der Waals surface area contributed by atoms with Crippen LogP contribution < -0.4 is 14.8 Å². The minimum absolute atomic E-state index is 0.0916. The van der Waals surface area contributed by atoms with E-state index in [1.54, 1.807) is 13.3 Å². The summed E-state index contributed by atoms with van der Waals surface area (Å²) in [5.74, 6) is 1.55. The van der Waals surface area contributed by atoms with E-state index < -0.39 is 6.10 Å². The van der Waals surface area contributed by atoms with Crippen LogP contribution in [0.5, 0.6) is 11.5 Å². The van der Waals surface area contributed by atoms with Gasteiger partial charge in [0.1, 0.15) is 18.1 Å². The van der Waals surface area contributed by atoms with Gasteiger partial charge in [-0.3, -0.25) is 4.98 Å². The Bertz CT molecular complexity index is 930. The summed E-state index contributed by atoms with van der Waals surface area (Å²) in [6.45, 7) is 0.958. The Morgan fingerprint density at radius 2 is 1.96 bits per heavy atom. The van der Waals surface area contributed by atoms with E-state index in [0.717, 1.165) is 28.3 Å². The lowest BCUT2D eigenvalue weighted by atomic mass is 10.1. The molecule has 0 radical (unpaired) electrons. The normalized spacial score (nSPS) is 17.9. The fourth-order valence-electron chi connectivity index (χ4n) is 3.64. The predicted octanol–water partition coefficient (Wildman–Crippen LogP) is 3.42. The summed E-state index contributed by atoms with van der Waals surface area (Å²) >= 11 is 0. The standard InChI is InChI=1S/C23H24N2O3/c1-27-19-9-10-22(28-15-18-7-4-5-11-24-18)17(12-19)14-25-23-20-8-3-2-6-16(20)13-21(23)26/h2-12,21,23,25-26H,13-15H2,1H3/t21-,23+/m0/s1. The van der Waals surface area contributed by atoms with E-state index in [1.807, 2.05) is 48.5 Å². The van der Waals surface area contributed by atoms with Gasteiger partial charge in [-0.15, -0.1) is 0 Å². The number of methoxy groups -OCH3 is 1. The number of aromatic nitrogens is 1. The second-order valence-corrected chi connectivity index (χ2v) is 6.91. The summed E-state index contributed by atoms with van der Waals surface area (Å²) in [5, 5.41) is 14.0. The minimum Gasteiger partial charge on any atom is -0.497 e. The monoisotopic (exact) mass is 376 g/mol. The molecule has 144 valence electrons. The first-order chi connectivity index (χ1) is 13.7. The molecule has 5 nitrogen and oxygen atoms in total. The largest absolute Gasteiger partial charge is 0.497 e. The molecular weight excluding hydrogens is 352 g/mol. The molecule has 0 bridgehead atoms. The highest BCUT2D eigenvalue weighted by Crippen LogP contribution is 2.32. The van der Waals surface area contributed by atoms with Gasteiger partial charge >= 0.3 is 0 Å².